The van der Waals surface area contributed by atoms with Crippen LogP contribution in [0.4, 0.5) is 0 Å². The van der Waals surface area contributed by atoms with Gasteiger partial charge in [0, 0.05) is 24.1 Å². The summed E-state index contributed by atoms with van der Waals surface area (Å²) in [6.45, 7) is 5.39. The minimum atomic E-state index is -0.332. The van der Waals surface area contributed by atoms with Crippen LogP contribution in [0.2, 0.25) is 0 Å². The summed E-state index contributed by atoms with van der Waals surface area (Å²) in [5, 5.41) is 0. The molecule has 1 saturated heterocycles. The predicted octanol–water partition coefficient (Wildman–Crippen LogP) is 3.78. The summed E-state index contributed by atoms with van der Waals surface area (Å²) in [5.74, 6) is 0.340. The fourth-order valence-electron chi connectivity index (χ4n) is 2.88. The van der Waals surface area contributed by atoms with Gasteiger partial charge < -0.3 is 4.74 Å². The van der Waals surface area contributed by atoms with Gasteiger partial charge in [0.25, 0.3) is 0 Å². The Hall–Kier alpha value is -0.670. The second kappa shape index (κ2) is 5.54. The quantitative estimate of drug-likeness (QED) is 0.849. The normalized spacial score (nSPS) is 18.6. The first-order valence-corrected chi connectivity index (χ1v) is 7.28. The fourth-order valence-corrected chi connectivity index (χ4v) is 3.25. The van der Waals surface area contributed by atoms with E-state index in [0.29, 0.717) is 25.4 Å². The molecule has 0 amide bonds. The van der Waals surface area contributed by atoms with E-state index < -0.39 is 0 Å². The van der Waals surface area contributed by atoms with Crippen molar-refractivity contribution in [2.75, 3.05) is 13.2 Å². The van der Waals surface area contributed by atoms with Crippen LogP contribution in [0.1, 0.15) is 37.3 Å². The molecule has 1 heterocycles. The van der Waals surface area contributed by atoms with E-state index in [0.717, 1.165) is 17.3 Å². The topological polar surface area (TPSA) is 26.3 Å². The second-order valence-corrected chi connectivity index (χ2v) is 5.74. The summed E-state index contributed by atoms with van der Waals surface area (Å²) in [7, 11) is 0. The maximum Gasteiger partial charge on any atom is 0.143 e. The lowest BCUT2D eigenvalue weighted by Crippen LogP contribution is -2.41. The van der Waals surface area contributed by atoms with Crippen molar-refractivity contribution >= 4 is 21.7 Å². The smallest absolute Gasteiger partial charge is 0.143 e. The van der Waals surface area contributed by atoms with Crippen molar-refractivity contribution < 1.29 is 9.53 Å². The molecule has 1 aliphatic rings. The molecule has 0 aromatic heterocycles. The average molecular weight is 311 g/mol. The van der Waals surface area contributed by atoms with Gasteiger partial charge in [-0.25, -0.2) is 0 Å². The third kappa shape index (κ3) is 2.26. The largest absolute Gasteiger partial charge is 0.381 e. The highest BCUT2D eigenvalue weighted by Crippen LogP contribution is 2.40. The number of ketones is 1. The Morgan fingerprint density at radius 1 is 1.39 bits per heavy atom. The first-order valence-electron chi connectivity index (χ1n) is 6.48. The molecular formula is C15H19BrO2. The van der Waals surface area contributed by atoms with E-state index in [9.17, 15) is 4.79 Å². The molecule has 98 valence electrons. The average Bonchev–Trinajstić information content (AvgIpc) is 2.41. The number of carbonyl (C=O) groups excluding carboxylic acids is 1. The SMILES string of the molecule is CCC(=O)C1(c2cccc(Br)c2C)CCOCC1. The van der Waals surface area contributed by atoms with Crippen molar-refractivity contribution in [1.29, 1.82) is 0 Å². The Morgan fingerprint density at radius 3 is 2.67 bits per heavy atom. The van der Waals surface area contributed by atoms with E-state index in [1.807, 2.05) is 19.1 Å². The minimum Gasteiger partial charge on any atom is -0.381 e. The molecule has 1 aromatic carbocycles. The Morgan fingerprint density at radius 2 is 2.06 bits per heavy atom. The molecule has 1 aliphatic heterocycles. The van der Waals surface area contributed by atoms with Gasteiger partial charge in [0.15, 0.2) is 0 Å². The summed E-state index contributed by atoms with van der Waals surface area (Å²) in [4.78, 5) is 12.5. The fraction of sp³-hybridized carbons (Fsp3) is 0.533. The van der Waals surface area contributed by atoms with E-state index in [4.69, 9.17) is 4.74 Å². The molecule has 1 fully saturated rings. The number of hydrogen-bond donors (Lipinski definition) is 0. The second-order valence-electron chi connectivity index (χ2n) is 4.88. The molecule has 0 unspecified atom stereocenters. The monoisotopic (exact) mass is 310 g/mol. The summed E-state index contributed by atoms with van der Waals surface area (Å²) in [6.07, 6.45) is 2.19. The summed E-state index contributed by atoms with van der Waals surface area (Å²) in [5.41, 5.74) is 2.02. The molecule has 18 heavy (non-hydrogen) atoms. The highest BCUT2D eigenvalue weighted by molar-refractivity contribution is 9.10. The molecule has 0 N–H and O–H groups in total. The van der Waals surface area contributed by atoms with E-state index >= 15 is 0 Å². The van der Waals surface area contributed by atoms with Crippen LogP contribution in [0.25, 0.3) is 0 Å². The first-order chi connectivity index (χ1) is 8.62. The molecule has 0 saturated carbocycles. The third-order valence-corrected chi connectivity index (χ3v) is 4.84. The third-order valence-electron chi connectivity index (χ3n) is 3.98. The number of carbonyl (C=O) groups is 1. The van der Waals surface area contributed by atoms with Gasteiger partial charge in [-0.1, -0.05) is 35.0 Å². The number of Topliss-reactive ketones (excluding diaryl/α,β-unsaturated/α-hetero) is 1. The number of rotatable bonds is 3. The van der Waals surface area contributed by atoms with Crippen LogP contribution in [0.15, 0.2) is 22.7 Å². The lowest BCUT2D eigenvalue weighted by atomic mass is 9.69. The van der Waals surface area contributed by atoms with Crippen LogP contribution < -0.4 is 0 Å². The first kappa shape index (κ1) is 13.8. The highest BCUT2D eigenvalue weighted by Gasteiger charge is 2.41. The van der Waals surface area contributed by atoms with Crippen molar-refractivity contribution in [2.24, 2.45) is 0 Å². The summed E-state index contributed by atoms with van der Waals surface area (Å²) >= 11 is 3.57. The van der Waals surface area contributed by atoms with Gasteiger partial charge in [-0.15, -0.1) is 0 Å². The molecule has 0 aliphatic carbocycles. The van der Waals surface area contributed by atoms with Gasteiger partial charge in [-0.05, 0) is 37.0 Å². The van der Waals surface area contributed by atoms with Crippen molar-refractivity contribution in [3.63, 3.8) is 0 Å². The highest BCUT2D eigenvalue weighted by atomic mass is 79.9. The van der Waals surface area contributed by atoms with Gasteiger partial charge in [0.05, 0.1) is 5.41 Å². The Labute approximate surface area is 117 Å². The zero-order valence-electron chi connectivity index (χ0n) is 11.0. The number of ether oxygens (including phenoxy) is 1. The van der Waals surface area contributed by atoms with Crippen molar-refractivity contribution in [3.8, 4) is 0 Å². The summed E-state index contributed by atoms with van der Waals surface area (Å²) < 4.78 is 6.53. The van der Waals surface area contributed by atoms with Crippen LogP contribution in [0.3, 0.4) is 0 Å². The Balaban J connectivity index is 2.52. The maximum absolute atomic E-state index is 12.5. The van der Waals surface area contributed by atoms with E-state index in [1.54, 1.807) is 0 Å². The van der Waals surface area contributed by atoms with Gasteiger partial charge >= 0.3 is 0 Å². The Bertz CT molecular complexity index is 448. The van der Waals surface area contributed by atoms with Gasteiger partial charge in [0.1, 0.15) is 5.78 Å². The van der Waals surface area contributed by atoms with Crippen LogP contribution in [0, 0.1) is 6.92 Å². The van der Waals surface area contributed by atoms with Crippen molar-refractivity contribution in [2.45, 2.75) is 38.5 Å². The van der Waals surface area contributed by atoms with Crippen LogP contribution >= 0.6 is 15.9 Å². The van der Waals surface area contributed by atoms with Gasteiger partial charge in [-0.3, -0.25) is 4.79 Å². The molecule has 3 heteroatoms. The van der Waals surface area contributed by atoms with E-state index in [2.05, 4.69) is 28.9 Å². The molecule has 0 radical (unpaired) electrons. The molecule has 0 bridgehead atoms. The van der Waals surface area contributed by atoms with Crippen molar-refractivity contribution in [3.05, 3.63) is 33.8 Å². The number of hydrogen-bond acceptors (Lipinski definition) is 2. The van der Waals surface area contributed by atoms with Crippen LogP contribution in [-0.2, 0) is 14.9 Å². The lowest BCUT2D eigenvalue weighted by Gasteiger charge is -2.37. The zero-order valence-corrected chi connectivity index (χ0v) is 12.5. The van der Waals surface area contributed by atoms with E-state index in [1.165, 1.54) is 11.1 Å². The van der Waals surface area contributed by atoms with Gasteiger partial charge in [-0.2, -0.15) is 0 Å². The zero-order chi connectivity index (χ0) is 13.2. The molecule has 2 rings (SSSR count). The predicted molar refractivity (Wildman–Crippen MR) is 75.9 cm³/mol. The lowest BCUT2D eigenvalue weighted by molar-refractivity contribution is -0.128. The Kier molecular flexibility index (Phi) is 4.23. The van der Waals surface area contributed by atoms with Crippen molar-refractivity contribution in [1.82, 2.24) is 0 Å². The minimum absolute atomic E-state index is 0.332. The standard InChI is InChI=1S/C15H19BrO2/c1-3-14(17)15(7-9-18-10-8-15)12-5-4-6-13(16)11(12)2/h4-6H,3,7-10H2,1-2H3. The number of halogens is 1. The molecule has 2 nitrogen and oxygen atoms in total. The molecule has 1 aromatic rings. The van der Waals surface area contributed by atoms with E-state index in [-0.39, 0.29) is 5.41 Å². The molecular weight excluding hydrogens is 292 g/mol. The van der Waals surface area contributed by atoms with Crippen LogP contribution in [-0.4, -0.2) is 19.0 Å². The number of benzene rings is 1. The molecule has 0 atom stereocenters. The molecule has 0 spiro atoms. The van der Waals surface area contributed by atoms with Crippen LogP contribution in [0.5, 0.6) is 0 Å². The van der Waals surface area contributed by atoms with Gasteiger partial charge in [0.2, 0.25) is 0 Å². The summed E-state index contributed by atoms with van der Waals surface area (Å²) in [6, 6.07) is 6.15. The maximum atomic E-state index is 12.5.